The Balaban J connectivity index is 1.59. The molecule has 0 aliphatic carbocycles. The summed E-state index contributed by atoms with van der Waals surface area (Å²) in [6, 6.07) is 9.82. The Kier molecular flexibility index (Phi) is 4.92. The van der Waals surface area contributed by atoms with Crippen LogP contribution in [0.3, 0.4) is 0 Å². The number of hydrogen-bond acceptors (Lipinski definition) is 5. The molecule has 130 valence electrons. The monoisotopic (exact) mass is 342 g/mol. The molecule has 0 bridgehead atoms. The molecule has 25 heavy (non-hydrogen) atoms. The lowest BCUT2D eigenvalue weighted by atomic mass is 10.0. The molecule has 1 aromatic carbocycles. The van der Waals surface area contributed by atoms with E-state index in [1.54, 1.807) is 18.3 Å². The van der Waals surface area contributed by atoms with Gasteiger partial charge in [-0.15, -0.1) is 0 Å². The molecule has 3 rings (SSSR count). The van der Waals surface area contributed by atoms with Crippen molar-refractivity contribution in [1.82, 2.24) is 10.3 Å². The molecule has 0 fully saturated rings. The molecule has 7 heteroatoms. The third kappa shape index (κ3) is 3.93. The predicted molar refractivity (Wildman–Crippen MR) is 92.8 cm³/mol. The van der Waals surface area contributed by atoms with Crippen molar-refractivity contribution in [3.8, 4) is 0 Å². The van der Waals surface area contributed by atoms with Crippen LogP contribution in [0.5, 0.6) is 0 Å². The highest BCUT2D eigenvalue weighted by atomic mass is 19.1. The number of benzene rings is 1. The van der Waals surface area contributed by atoms with Gasteiger partial charge >= 0.3 is 0 Å². The summed E-state index contributed by atoms with van der Waals surface area (Å²) < 4.78 is 13.3. The summed E-state index contributed by atoms with van der Waals surface area (Å²) in [7, 11) is 3.79. The molecule has 0 radical (unpaired) electrons. The summed E-state index contributed by atoms with van der Waals surface area (Å²) in [5.41, 5.74) is 2.09. The van der Waals surface area contributed by atoms with Crippen LogP contribution in [0.15, 0.2) is 47.8 Å². The first-order valence-corrected chi connectivity index (χ1v) is 7.92. The number of nitrogens with zero attached hydrogens (tertiary/aromatic N) is 3. The molecule has 0 unspecified atom stereocenters. The third-order valence-electron chi connectivity index (χ3n) is 3.86. The van der Waals surface area contributed by atoms with Crippen molar-refractivity contribution in [1.29, 1.82) is 0 Å². The average molecular weight is 342 g/mol. The SMILES string of the molecule is CN(C)c1ncccc1CNC(=O)[C@H]1CC(c2cccc(F)c2)=NO1. The maximum atomic E-state index is 13.3. The van der Waals surface area contributed by atoms with E-state index in [-0.39, 0.29) is 11.7 Å². The summed E-state index contributed by atoms with van der Waals surface area (Å²) in [4.78, 5) is 23.7. The molecular weight excluding hydrogens is 323 g/mol. The lowest BCUT2D eigenvalue weighted by Crippen LogP contribution is -2.34. The molecule has 1 aromatic heterocycles. The first kappa shape index (κ1) is 16.9. The third-order valence-corrected chi connectivity index (χ3v) is 3.86. The van der Waals surface area contributed by atoms with Gasteiger partial charge < -0.3 is 15.1 Å². The molecule has 1 amide bonds. The highest BCUT2D eigenvalue weighted by Gasteiger charge is 2.29. The van der Waals surface area contributed by atoms with Crippen molar-refractivity contribution in [2.75, 3.05) is 19.0 Å². The van der Waals surface area contributed by atoms with Gasteiger partial charge in [-0.2, -0.15) is 0 Å². The fraction of sp³-hybridized carbons (Fsp3) is 0.278. The topological polar surface area (TPSA) is 66.8 Å². The van der Waals surface area contributed by atoms with Gasteiger partial charge in [-0.1, -0.05) is 23.4 Å². The second-order valence-electron chi connectivity index (χ2n) is 5.94. The van der Waals surface area contributed by atoms with Crippen LogP contribution in [-0.4, -0.2) is 36.8 Å². The summed E-state index contributed by atoms with van der Waals surface area (Å²) in [5.74, 6) is 0.191. The van der Waals surface area contributed by atoms with E-state index in [1.807, 2.05) is 31.1 Å². The van der Waals surface area contributed by atoms with Crippen molar-refractivity contribution < 1.29 is 14.0 Å². The number of carbonyl (C=O) groups excluding carboxylic acids is 1. The molecule has 1 N–H and O–H groups in total. The van der Waals surface area contributed by atoms with E-state index >= 15 is 0 Å². The van der Waals surface area contributed by atoms with Gasteiger partial charge in [0.2, 0.25) is 6.10 Å². The second-order valence-corrected chi connectivity index (χ2v) is 5.94. The molecule has 1 atom stereocenters. The highest BCUT2D eigenvalue weighted by molar-refractivity contribution is 6.04. The van der Waals surface area contributed by atoms with E-state index in [1.165, 1.54) is 12.1 Å². The van der Waals surface area contributed by atoms with Crippen LogP contribution >= 0.6 is 0 Å². The Labute approximate surface area is 145 Å². The molecule has 2 heterocycles. The Morgan fingerprint density at radius 2 is 2.20 bits per heavy atom. The van der Waals surface area contributed by atoms with Crippen molar-refractivity contribution in [2.24, 2.45) is 5.16 Å². The number of aromatic nitrogens is 1. The first-order valence-electron chi connectivity index (χ1n) is 7.92. The summed E-state index contributed by atoms with van der Waals surface area (Å²) in [6.07, 6.45) is 1.31. The number of nitrogens with one attached hydrogen (secondary N) is 1. The van der Waals surface area contributed by atoms with Crippen LogP contribution in [0.1, 0.15) is 17.5 Å². The molecule has 0 saturated heterocycles. The number of hydrogen-bond donors (Lipinski definition) is 1. The molecular formula is C18H19FN4O2. The van der Waals surface area contributed by atoms with E-state index in [9.17, 15) is 9.18 Å². The minimum atomic E-state index is -0.710. The van der Waals surface area contributed by atoms with Crippen molar-refractivity contribution in [2.45, 2.75) is 19.1 Å². The van der Waals surface area contributed by atoms with E-state index < -0.39 is 6.10 Å². The number of anilines is 1. The summed E-state index contributed by atoms with van der Waals surface area (Å²) in [6.45, 7) is 0.343. The molecule has 2 aromatic rings. The van der Waals surface area contributed by atoms with E-state index in [0.29, 0.717) is 24.2 Å². The zero-order chi connectivity index (χ0) is 17.8. The van der Waals surface area contributed by atoms with Gasteiger partial charge in [-0.3, -0.25) is 4.79 Å². The smallest absolute Gasteiger partial charge is 0.264 e. The highest BCUT2D eigenvalue weighted by Crippen LogP contribution is 2.18. The van der Waals surface area contributed by atoms with Crippen LogP contribution in [0, 0.1) is 5.82 Å². The molecule has 1 aliphatic heterocycles. The van der Waals surface area contributed by atoms with Gasteiger partial charge in [0.25, 0.3) is 5.91 Å². The molecule has 6 nitrogen and oxygen atoms in total. The number of rotatable bonds is 5. The van der Waals surface area contributed by atoms with Crippen LogP contribution in [0.2, 0.25) is 0 Å². The molecule has 0 spiro atoms. The van der Waals surface area contributed by atoms with Crippen LogP contribution in [0.25, 0.3) is 0 Å². The van der Waals surface area contributed by atoms with Crippen molar-refractivity contribution in [3.05, 3.63) is 59.5 Å². The summed E-state index contributed by atoms with van der Waals surface area (Å²) in [5, 5.41) is 6.76. The fourth-order valence-corrected chi connectivity index (χ4v) is 2.62. The molecule has 0 saturated carbocycles. The average Bonchev–Trinajstić information content (AvgIpc) is 3.10. The minimum Gasteiger partial charge on any atom is -0.382 e. The number of carbonyl (C=O) groups is 1. The van der Waals surface area contributed by atoms with Crippen molar-refractivity contribution in [3.63, 3.8) is 0 Å². The Bertz CT molecular complexity index is 807. The largest absolute Gasteiger partial charge is 0.382 e. The van der Waals surface area contributed by atoms with E-state index in [4.69, 9.17) is 4.84 Å². The standard InChI is InChI=1S/C18H19FN4O2/c1-23(2)17-13(6-4-8-20-17)11-21-18(24)16-10-15(22-25-16)12-5-3-7-14(19)9-12/h3-9,16H,10-11H2,1-2H3,(H,21,24)/t16-/m1/s1. The van der Waals surface area contributed by atoms with Gasteiger partial charge in [-0.25, -0.2) is 9.37 Å². The van der Waals surface area contributed by atoms with Crippen molar-refractivity contribution >= 4 is 17.4 Å². The number of halogens is 1. The van der Waals surface area contributed by atoms with Gasteiger partial charge in [0, 0.05) is 44.4 Å². The lowest BCUT2D eigenvalue weighted by Gasteiger charge is -2.16. The number of oxime groups is 1. The van der Waals surface area contributed by atoms with Gasteiger partial charge in [-0.05, 0) is 18.2 Å². The van der Waals surface area contributed by atoms with E-state index in [0.717, 1.165) is 11.4 Å². The first-order chi connectivity index (χ1) is 12.0. The number of pyridine rings is 1. The van der Waals surface area contributed by atoms with Crippen LogP contribution in [0.4, 0.5) is 10.2 Å². The van der Waals surface area contributed by atoms with Gasteiger partial charge in [0.05, 0.1) is 5.71 Å². The predicted octanol–water partition coefficient (Wildman–Crippen LogP) is 2.10. The number of amides is 1. The minimum absolute atomic E-state index is 0.260. The van der Waals surface area contributed by atoms with Gasteiger partial charge in [0.15, 0.2) is 0 Å². The molecule has 1 aliphatic rings. The van der Waals surface area contributed by atoms with E-state index in [2.05, 4.69) is 15.5 Å². The maximum absolute atomic E-state index is 13.3. The quantitative estimate of drug-likeness (QED) is 0.904. The normalized spacial score (nSPS) is 16.1. The zero-order valence-corrected chi connectivity index (χ0v) is 14.1. The lowest BCUT2D eigenvalue weighted by molar-refractivity contribution is -0.131. The van der Waals surface area contributed by atoms with Gasteiger partial charge in [0.1, 0.15) is 11.6 Å². The maximum Gasteiger partial charge on any atom is 0.264 e. The zero-order valence-electron chi connectivity index (χ0n) is 14.1. The second kappa shape index (κ2) is 7.29. The summed E-state index contributed by atoms with van der Waals surface area (Å²) >= 11 is 0. The Morgan fingerprint density at radius 3 is 2.96 bits per heavy atom. The fourth-order valence-electron chi connectivity index (χ4n) is 2.62. The Morgan fingerprint density at radius 1 is 1.36 bits per heavy atom. The van der Waals surface area contributed by atoms with Crippen LogP contribution < -0.4 is 10.2 Å². The van der Waals surface area contributed by atoms with Crippen LogP contribution in [-0.2, 0) is 16.2 Å². The Hall–Kier alpha value is -2.96.